The summed E-state index contributed by atoms with van der Waals surface area (Å²) < 4.78 is 7.64. The first-order valence-electron chi connectivity index (χ1n) is 6.70. The SMILES string of the molecule is CCC(C)n1ccc(COc2ccc(Cl)cc2CO)n1. The van der Waals surface area contributed by atoms with Gasteiger partial charge in [-0.25, -0.2) is 0 Å². The molecule has 0 aliphatic carbocycles. The summed E-state index contributed by atoms with van der Waals surface area (Å²) in [6.07, 6.45) is 3.00. The molecular weight excluding hydrogens is 276 g/mol. The second-order valence-corrected chi connectivity index (χ2v) is 5.18. The second kappa shape index (κ2) is 6.77. The van der Waals surface area contributed by atoms with Crippen LogP contribution in [0.15, 0.2) is 30.5 Å². The maximum atomic E-state index is 9.29. The Morgan fingerprint density at radius 3 is 2.90 bits per heavy atom. The Hall–Kier alpha value is -1.52. The molecule has 2 aromatic rings. The summed E-state index contributed by atoms with van der Waals surface area (Å²) in [7, 11) is 0. The van der Waals surface area contributed by atoms with Gasteiger partial charge in [0, 0.05) is 22.8 Å². The fraction of sp³-hybridized carbons (Fsp3) is 0.400. The van der Waals surface area contributed by atoms with Gasteiger partial charge in [0.2, 0.25) is 0 Å². The van der Waals surface area contributed by atoms with E-state index >= 15 is 0 Å². The zero-order valence-corrected chi connectivity index (χ0v) is 12.5. The van der Waals surface area contributed by atoms with E-state index in [1.54, 1.807) is 18.2 Å². The lowest BCUT2D eigenvalue weighted by molar-refractivity contribution is 0.256. The zero-order valence-electron chi connectivity index (χ0n) is 11.7. The Balaban J connectivity index is 2.03. The monoisotopic (exact) mass is 294 g/mol. The Bertz CT molecular complexity index is 569. The van der Waals surface area contributed by atoms with Crippen molar-refractivity contribution in [3.63, 3.8) is 0 Å². The molecule has 20 heavy (non-hydrogen) atoms. The van der Waals surface area contributed by atoms with Crippen LogP contribution >= 0.6 is 11.6 Å². The maximum Gasteiger partial charge on any atom is 0.132 e. The summed E-state index contributed by atoms with van der Waals surface area (Å²) in [4.78, 5) is 0. The van der Waals surface area contributed by atoms with Crippen molar-refractivity contribution in [3.05, 3.63) is 46.7 Å². The number of hydrogen-bond donors (Lipinski definition) is 1. The van der Waals surface area contributed by atoms with Gasteiger partial charge in [0.1, 0.15) is 12.4 Å². The number of rotatable bonds is 6. The molecule has 1 atom stereocenters. The van der Waals surface area contributed by atoms with Gasteiger partial charge in [0.15, 0.2) is 0 Å². The molecule has 0 aliphatic heterocycles. The Labute approximate surface area is 123 Å². The van der Waals surface area contributed by atoms with Crippen molar-refractivity contribution in [2.24, 2.45) is 0 Å². The highest BCUT2D eigenvalue weighted by atomic mass is 35.5. The third-order valence-corrected chi connectivity index (χ3v) is 3.51. The molecule has 1 N–H and O–H groups in total. The highest BCUT2D eigenvalue weighted by Crippen LogP contribution is 2.23. The summed E-state index contributed by atoms with van der Waals surface area (Å²) >= 11 is 5.88. The molecule has 5 heteroatoms. The number of nitrogens with zero attached hydrogens (tertiary/aromatic N) is 2. The number of ether oxygens (including phenoxy) is 1. The molecule has 2 rings (SSSR count). The van der Waals surface area contributed by atoms with E-state index in [9.17, 15) is 5.11 Å². The normalized spacial score (nSPS) is 12.4. The first kappa shape index (κ1) is 14.9. The van der Waals surface area contributed by atoms with Crippen LogP contribution in [0.4, 0.5) is 0 Å². The second-order valence-electron chi connectivity index (χ2n) is 4.74. The zero-order chi connectivity index (χ0) is 14.5. The van der Waals surface area contributed by atoms with E-state index in [0.717, 1.165) is 12.1 Å². The summed E-state index contributed by atoms with van der Waals surface area (Å²) in [6.45, 7) is 4.53. The van der Waals surface area contributed by atoms with E-state index in [2.05, 4.69) is 18.9 Å². The van der Waals surface area contributed by atoms with Crippen molar-refractivity contribution < 1.29 is 9.84 Å². The quantitative estimate of drug-likeness (QED) is 0.886. The largest absolute Gasteiger partial charge is 0.487 e. The lowest BCUT2D eigenvalue weighted by atomic mass is 10.2. The van der Waals surface area contributed by atoms with Crippen LogP contribution in [0.25, 0.3) is 0 Å². The average molecular weight is 295 g/mol. The highest BCUT2D eigenvalue weighted by Gasteiger charge is 2.07. The summed E-state index contributed by atoms with van der Waals surface area (Å²) in [6, 6.07) is 7.54. The lowest BCUT2D eigenvalue weighted by Gasteiger charge is -2.10. The van der Waals surface area contributed by atoms with Crippen molar-refractivity contribution in [2.45, 2.75) is 39.5 Å². The van der Waals surface area contributed by atoms with Crippen LogP contribution in [-0.4, -0.2) is 14.9 Å². The van der Waals surface area contributed by atoms with Gasteiger partial charge in [-0.2, -0.15) is 5.10 Å². The molecule has 0 aliphatic rings. The molecule has 0 fully saturated rings. The van der Waals surface area contributed by atoms with E-state index in [0.29, 0.717) is 29.0 Å². The Kier molecular flexibility index (Phi) is 5.04. The van der Waals surface area contributed by atoms with E-state index in [1.165, 1.54) is 0 Å². The van der Waals surface area contributed by atoms with Crippen molar-refractivity contribution in [1.82, 2.24) is 9.78 Å². The standard InChI is InChI=1S/C15H19ClN2O2/c1-3-11(2)18-7-6-14(17-18)10-20-15-5-4-13(16)8-12(15)9-19/h4-8,11,19H,3,9-10H2,1-2H3. The van der Waals surface area contributed by atoms with E-state index in [-0.39, 0.29) is 6.61 Å². The predicted octanol–water partition coefficient (Wildman–Crippen LogP) is 3.58. The van der Waals surface area contributed by atoms with Crippen molar-refractivity contribution in [1.29, 1.82) is 0 Å². The van der Waals surface area contributed by atoms with Gasteiger partial charge in [-0.3, -0.25) is 4.68 Å². The van der Waals surface area contributed by atoms with Gasteiger partial charge in [-0.15, -0.1) is 0 Å². The van der Waals surface area contributed by atoms with Gasteiger partial charge >= 0.3 is 0 Å². The van der Waals surface area contributed by atoms with Gasteiger partial charge in [-0.05, 0) is 37.6 Å². The van der Waals surface area contributed by atoms with E-state index in [1.807, 2.05) is 16.9 Å². The number of hydrogen-bond acceptors (Lipinski definition) is 3. The van der Waals surface area contributed by atoms with E-state index < -0.39 is 0 Å². The molecule has 1 heterocycles. The van der Waals surface area contributed by atoms with E-state index in [4.69, 9.17) is 16.3 Å². The number of aliphatic hydroxyl groups excluding tert-OH is 1. The number of aromatic nitrogens is 2. The third kappa shape index (κ3) is 3.52. The molecule has 1 aromatic heterocycles. The number of halogens is 1. The minimum absolute atomic E-state index is 0.1000. The molecule has 108 valence electrons. The molecule has 1 unspecified atom stereocenters. The topological polar surface area (TPSA) is 47.3 Å². The van der Waals surface area contributed by atoms with Gasteiger partial charge in [0.25, 0.3) is 0 Å². The fourth-order valence-corrected chi connectivity index (χ4v) is 2.05. The molecule has 0 saturated carbocycles. The molecule has 4 nitrogen and oxygen atoms in total. The molecule has 0 spiro atoms. The van der Waals surface area contributed by atoms with Crippen molar-refractivity contribution in [2.75, 3.05) is 0 Å². The highest BCUT2D eigenvalue weighted by molar-refractivity contribution is 6.30. The molecular formula is C15H19ClN2O2. The van der Waals surface area contributed by atoms with Crippen LogP contribution in [0, 0.1) is 0 Å². The maximum absolute atomic E-state index is 9.29. The fourth-order valence-electron chi connectivity index (χ4n) is 1.85. The minimum Gasteiger partial charge on any atom is -0.487 e. The van der Waals surface area contributed by atoms with Crippen LogP contribution < -0.4 is 4.74 Å². The van der Waals surface area contributed by atoms with Crippen LogP contribution in [0.5, 0.6) is 5.75 Å². The molecule has 0 bridgehead atoms. The smallest absolute Gasteiger partial charge is 0.132 e. The summed E-state index contributed by atoms with van der Waals surface area (Å²) in [5, 5.41) is 14.3. The summed E-state index contributed by atoms with van der Waals surface area (Å²) in [5.74, 6) is 0.634. The molecule has 0 saturated heterocycles. The average Bonchev–Trinajstić information content (AvgIpc) is 2.93. The summed E-state index contributed by atoms with van der Waals surface area (Å²) in [5.41, 5.74) is 1.54. The lowest BCUT2D eigenvalue weighted by Crippen LogP contribution is -2.06. The van der Waals surface area contributed by atoms with Crippen LogP contribution in [0.1, 0.15) is 37.6 Å². The number of aliphatic hydroxyl groups is 1. The first-order chi connectivity index (χ1) is 9.63. The number of benzene rings is 1. The molecule has 0 radical (unpaired) electrons. The molecule has 1 aromatic carbocycles. The van der Waals surface area contributed by atoms with Crippen molar-refractivity contribution >= 4 is 11.6 Å². The van der Waals surface area contributed by atoms with Gasteiger partial charge in [-0.1, -0.05) is 18.5 Å². The van der Waals surface area contributed by atoms with Gasteiger partial charge < -0.3 is 9.84 Å². The van der Waals surface area contributed by atoms with Crippen LogP contribution in [0.2, 0.25) is 5.02 Å². The van der Waals surface area contributed by atoms with Crippen LogP contribution in [0.3, 0.4) is 0 Å². The predicted molar refractivity (Wildman–Crippen MR) is 78.9 cm³/mol. The Morgan fingerprint density at radius 2 is 2.20 bits per heavy atom. The van der Waals surface area contributed by atoms with Gasteiger partial charge in [0.05, 0.1) is 12.3 Å². The minimum atomic E-state index is -0.1000. The first-order valence-corrected chi connectivity index (χ1v) is 7.08. The Morgan fingerprint density at radius 1 is 1.40 bits per heavy atom. The molecule has 0 amide bonds. The van der Waals surface area contributed by atoms with Crippen molar-refractivity contribution in [3.8, 4) is 5.75 Å². The third-order valence-electron chi connectivity index (χ3n) is 3.27. The van der Waals surface area contributed by atoms with Crippen LogP contribution in [-0.2, 0) is 13.2 Å².